The maximum absolute atomic E-state index is 13.3. The minimum atomic E-state index is -4.47. The summed E-state index contributed by atoms with van der Waals surface area (Å²) >= 11 is 0. The van der Waals surface area contributed by atoms with Gasteiger partial charge in [-0.3, -0.25) is 14.6 Å². The number of hydrogen-bond donors (Lipinski definition) is 2. The molecule has 0 radical (unpaired) electrons. The molecule has 1 aromatic heterocycles. The van der Waals surface area contributed by atoms with Crippen LogP contribution < -0.4 is 10.6 Å². The number of alkyl halides is 3. The van der Waals surface area contributed by atoms with Crippen LogP contribution in [0.2, 0.25) is 0 Å². The first kappa shape index (κ1) is 22.5. The summed E-state index contributed by atoms with van der Waals surface area (Å²) in [6.07, 6.45) is 0.422. The second-order valence-electron chi connectivity index (χ2n) is 8.25. The van der Waals surface area contributed by atoms with Gasteiger partial charge in [-0.05, 0) is 79.8 Å². The zero-order chi connectivity index (χ0) is 23.8. The number of aryl methyl sites for hydroxylation is 2. The molecule has 0 unspecified atom stereocenters. The highest BCUT2D eigenvalue weighted by Gasteiger charge is 2.46. The number of amides is 2. The standard InChI is InChI=1S/C25H22F3N3O2/c1-15-4-3-5-19(22(32)30-20-7-6-18(14-16(20)2)25(26,27)28)21(15)23(33)31-24(10-11-24)17-8-12-29-13-9-17/h3-9,12-14H,10-11H2,1-2H3,(H,30,32)(H,31,33). The molecule has 1 heterocycles. The average molecular weight is 453 g/mol. The Labute approximate surface area is 189 Å². The lowest BCUT2D eigenvalue weighted by molar-refractivity contribution is -0.137. The lowest BCUT2D eigenvalue weighted by Gasteiger charge is -2.20. The lowest BCUT2D eigenvalue weighted by Crippen LogP contribution is -2.36. The predicted octanol–water partition coefficient (Wildman–Crippen LogP) is 5.39. The second-order valence-corrected chi connectivity index (χ2v) is 8.25. The van der Waals surface area contributed by atoms with E-state index in [4.69, 9.17) is 0 Å². The Morgan fingerprint density at radius 1 is 0.939 bits per heavy atom. The fourth-order valence-corrected chi connectivity index (χ4v) is 3.89. The summed E-state index contributed by atoms with van der Waals surface area (Å²) < 4.78 is 38.8. The Morgan fingerprint density at radius 2 is 1.64 bits per heavy atom. The van der Waals surface area contributed by atoms with Gasteiger partial charge in [0.05, 0.1) is 22.2 Å². The van der Waals surface area contributed by atoms with E-state index in [9.17, 15) is 22.8 Å². The second kappa shape index (κ2) is 8.35. The summed E-state index contributed by atoms with van der Waals surface area (Å²) in [5, 5.41) is 5.71. The van der Waals surface area contributed by atoms with Crippen molar-refractivity contribution in [2.75, 3.05) is 5.32 Å². The Kier molecular flexibility index (Phi) is 5.69. The highest BCUT2D eigenvalue weighted by molar-refractivity contribution is 6.13. The van der Waals surface area contributed by atoms with Gasteiger partial charge in [0.15, 0.2) is 0 Å². The molecule has 2 amide bonds. The van der Waals surface area contributed by atoms with Gasteiger partial charge in [-0.15, -0.1) is 0 Å². The van der Waals surface area contributed by atoms with Crippen LogP contribution in [0.15, 0.2) is 60.9 Å². The summed E-state index contributed by atoms with van der Waals surface area (Å²) in [5.41, 5.74) is 1.19. The summed E-state index contributed by atoms with van der Waals surface area (Å²) in [7, 11) is 0. The average Bonchev–Trinajstić information content (AvgIpc) is 3.55. The minimum absolute atomic E-state index is 0.150. The molecule has 1 aliphatic rings. The number of carbonyl (C=O) groups is 2. The number of nitrogens with one attached hydrogen (secondary N) is 2. The van der Waals surface area contributed by atoms with Crippen LogP contribution in [0, 0.1) is 13.8 Å². The summed E-state index contributed by atoms with van der Waals surface area (Å²) in [6, 6.07) is 11.7. The van der Waals surface area contributed by atoms with Crippen molar-refractivity contribution in [3.63, 3.8) is 0 Å². The number of halogens is 3. The number of rotatable bonds is 5. The highest BCUT2D eigenvalue weighted by atomic mass is 19.4. The molecule has 2 N–H and O–H groups in total. The van der Waals surface area contributed by atoms with E-state index < -0.39 is 23.2 Å². The van der Waals surface area contributed by atoms with Gasteiger partial charge in [-0.2, -0.15) is 13.2 Å². The molecular weight excluding hydrogens is 431 g/mol. The zero-order valence-electron chi connectivity index (χ0n) is 18.1. The first-order valence-corrected chi connectivity index (χ1v) is 10.4. The Balaban J connectivity index is 1.59. The van der Waals surface area contributed by atoms with Crippen LogP contribution in [0.4, 0.5) is 18.9 Å². The van der Waals surface area contributed by atoms with Crippen LogP contribution in [-0.4, -0.2) is 16.8 Å². The molecule has 3 aromatic rings. The van der Waals surface area contributed by atoms with Crippen LogP contribution in [0.25, 0.3) is 0 Å². The van der Waals surface area contributed by atoms with E-state index in [1.807, 2.05) is 12.1 Å². The molecule has 4 rings (SSSR count). The van der Waals surface area contributed by atoms with Crippen LogP contribution in [0.1, 0.15) is 55.8 Å². The van der Waals surface area contributed by atoms with Crippen LogP contribution in [0.3, 0.4) is 0 Å². The minimum Gasteiger partial charge on any atom is -0.342 e. The molecule has 0 spiro atoms. The molecule has 0 atom stereocenters. The lowest BCUT2D eigenvalue weighted by atomic mass is 9.98. The topological polar surface area (TPSA) is 71.1 Å². The number of pyridine rings is 1. The number of nitrogens with zero attached hydrogens (tertiary/aromatic N) is 1. The number of anilines is 1. The SMILES string of the molecule is Cc1cc(C(F)(F)F)ccc1NC(=O)c1cccc(C)c1C(=O)NC1(c2ccncc2)CC1. The van der Waals surface area contributed by atoms with Gasteiger partial charge in [-0.25, -0.2) is 0 Å². The van der Waals surface area contributed by atoms with Crippen molar-refractivity contribution in [1.82, 2.24) is 10.3 Å². The highest BCUT2D eigenvalue weighted by Crippen LogP contribution is 2.45. The first-order valence-electron chi connectivity index (χ1n) is 10.4. The predicted molar refractivity (Wildman–Crippen MR) is 118 cm³/mol. The van der Waals surface area contributed by atoms with E-state index in [0.717, 1.165) is 30.5 Å². The summed E-state index contributed by atoms with van der Waals surface area (Å²) in [6.45, 7) is 3.22. The molecule has 1 fully saturated rings. The summed E-state index contributed by atoms with van der Waals surface area (Å²) in [4.78, 5) is 30.3. The number of benzene rings is 2. The molecular formula is C25H22F3N3O2. The van der Waals surface area contributed by atoms with Gasteiger partial charge in [-0.1, -0.05) is 12.1 Å². The molecule has 1 saturated carbocycles. The molecule has 1 aliphatic carbocycles. The molecule has 0 bridgehead atoms. The Hall–Kier alpha value is -3.68. The van der Waals surface area contributed by atoms with Crippen LogP contribution in [0.5, 0.6) is 0 Å². The quantitative estimate of drug-likeness (QED) is 0.544. The van der Waals surface area contributed by atoms with E-state index in [1.165, 1.54) is 19.1 Å². The van der Waals surface area contributed by atoms with Crippen LogP contribution in [-0.2, 0) is 11.7 Å². The Morgan fingerprint density at radius 3 is 2.24 bits per heavy atom. The van der Waals surface area contributed by atoms with Crippen molar-refractivity contribution in [3.8, 4) is 0 Å². The third-order valence-electron chi connectivity index (χ3n) is 5.88. The van der Waals surface area contributed by atoms with Gasteiger partial charge >= 0.3 is 6.18 Å². The van der Waals surface area contributed by atoms with Crippen molar-refractivity contribution < 1.29 is 22.8 Å². The van der Waals surface area contributed by atoms with Crippen molar-refractivity contribution in [2.24, 2.45) is 0 Å². The fraction of sp³-hybridized carbons (Fsp3) is 0.240. The van der Waals surface area contributed by atoms with Gasteiger partial charge in [0.2, 0.25) is 0 Å². The van der Waals surface area contributed by atoms with Crippen LogP contribution >= 0.6 is 0 Å². The van der Waals surface area contributed by atoms with Crippen molar-refractivity contribution in [3.05, 3.63) is 94.3 Å². The summed E-state index contributed by atoms with van der Waals surface area (Å²) in [5.74, 6) is -0.947. The maximum Gasteiger partial charge on any atom is 0.416 e. The van der Waals surface area contributed by atoms with Crippen molar-refractivity contribution >= 4 is 17.5 Å². The van der Waals surface area contributed by atoms with Gasteiger partial charge in [0, 0.05) is 18.1 Å². The number of hydrogen-bond acceptors (Lipinski definition) is 3. The van der Waals surface area contributed by atoms with E-state index in [2.05, 4.69) is 15.6 Å². The zero-order valence-corrected chi connectivity index (χ0v) is 18.1. The van der Waals surface area contributed by atoms with Gasteiger partial charge < -0.3 is 10.6 Å². The molecule has 5 nitrogen and oxygen atoms in total. The molecule has 8 heteroatoms. The first-order chi connectivity index (χ1) is 15.6. The monoisotopic (exact) mass is 453 g/mol. The third kappa shape index (κ3) is 4.60. The molecule has 2 aromatic carbocycles. The smallest absolute Gasteiger partial charge is 0.342 e. The maximum atomic E-state index is 13.3. The molecule has 0 saturated heterocycles. The van der Waals surface area contributed by atoms with E-state index in [1.54, 1.807) is 31.5 Å². The molecule has 33 heavy (non-hydrogen) atoms. The van der Waals surface area contributed by atoms with E-state index in [0.29, 0.717) is 5.56 Å². The van der Waals surface area contributed by atoms with E-state index in [-0.39, 0.29) is 28.3 Å². The number of carbonyl (C=O) groups excluding carboxylic acids is 2. The third-order valence-corrected chi connectivity index (χ3v) is 5.88. The van der Waals surface area contributed by atoms with Crippen molar-refractivity contribution in [1.29, 1.82) is 0 Å². The normalized spacial score (nSPS) is 14.5. The number of aromatic nitrogens is 1. The van der Waals surface area contributed by atoms with Gasteiger partial charge in [0.1, 0.15) is 0 Å². The van der Waals surface area contributed by atoms with Crippen molar-refractivity contribution in [2.45, 2.75) is 38.4 Å². The van der Waals surface area contributed by atoms with E-state index >= 15 is 0 Å². The fourth-order valence-electron chi connectivity index (χ4n) is 3.89. The van der Waals surface area contributed by atoms with Gasteiger partial charge in [0.25, 0.3) is 11.8 Å². The largest absolute Gasteiger partial charge is 0.416 e. The Bertz CT molecular complexity index is 1220. The molecule has 170 valence electrons. The molecule has 0 aliphatic heterocycles.